The Kier molecular flexibility index (Phi) is 3.64. The number of nitrogens with two attached hydrogens (primary N) is 1. The van der Waals surface area contributed by atoms with Gasteiger partial charge in [0.05, 0.1) is 10.5 Å². The molecule has 0 fully saturated rings. The van der Waals surface area contributed by atoms with Gasteiger partial charge in [0.25, 0.3) is 0 Å². The molecule has 2 aromatic rings. The maximum Gasteiger partial charge on any atom is 0.137 e. The van der Waals surface area contributed by atoms with Gasteiger partial charge in [-0.25, -0.2) is 4.39 Å². The van der Waals surface area contributed by atoms with Crippen LogP contribution in [0.2, 0.25) is 0 Å². The van der Waals surface area contributed by atoms with Crippen LogP contribution >= 0.6 is 15.9 Å². The van der Waals surface area contributed by atoms with Crippen LogP contribution in [0.1, 0.15) is 23.1 Å². The van der Waals surface area contributed by atoms with E-state index in [1.54, 1.807) is 12.1 Å². The Balaban J connectivity index is 2.12. The lowest BCUT2D eigenvalue weighted by molar-refractivity contribution is 0.444. The number of rotatable bonds is 3. The fraction of sp³-hybridized carbons (Fsp3) is 0.231. The number of halogens is 2. The molecule has 1 aromatic heterocycles. The van der Waals surface area contributed by atoms with Crippen LogP contribution in [0, 0.1) is 12.7 Å². The van der Waals surface area contributed by atoms with E-state index in [1.807, 2.05) is 19.1 Å². The molecule has 17 heavy (non-hydrogen) atoms. The van der Waals surface area contributed by atoms with Crippen molar-refractivity contribution in [1.29, 1.82) is 0 Å². The molecule has 90 valence electrons. The summed E-state index contributed by atoms with van der Waals surface area (Å²) in [6, 6.07) is 8.45. The molecular formula is C13H13BrFNO. The lowest BCUT2D eigenvalue weighted by atomic mass is 10.0. The van der Waals surface area contributed by atoms with Gasteiger partial charge in [0, 0.05) is 0 Å². The Hall–Kier alpha value is -1.13. The third-order valence-corrected chi connectivity index (χ3v) is 3.17. The standard InChI is InChI=1S/C13H13BrFNO/c1-8-2-5-13(17-8)12(16)7-9-3-4-11(15)10(14)6-9/h2-6,12H,7,16H2,1H3. The molecule has 0 saturated carbocycles. The molecule has 1 heterocycles. The lowest BCUT2D eigenvalue weighted by Crippen LogP contribution is -2.12. The van der Waals surface area contributed by atoms with Gasteiger partial charge in [-0.3, -0.25) is 0 Å². The molecule has 4 heteroatoms. The van der Waals surface area contributed by atoms with Crippen molar-refractivity contribution in [3.8, 4) is 0 Å². The fourth-order valence-corrected chi connectivity index (χ4v) is 2.10. The van der Waals surface area contributed by atoms with E-state index in [0.717, 1.165) is 17.1 Å². The zero-order chi connectivity index (χ0) is 12.4. The van der Waals surface area contributed by atoms with Gasteiger partial charge in [-0.15, -0.1) is 0 Å². The predicted molar refractivity (Wildman–Crippen MR) is 68.2 cm³/mol. The first-order chi connectivity index (χ1) is 8.06. The fourth-order valence-electron chi connectivity index (χ4n) is 1.67. The van der Waals surface area contributed by atoms with Crippen molar-refractivity contribution in [2.45, 2.75) is 19.4 Å². The quantitative estimate of drug-likeness (QED) is 0.937. The van der Waals surface area contributed by atoms with E-state index in [4.69, 9.17) is 10.2 Å². The maximum atomic E-state index is 13.1. The number of furan rings is 1. The zero-order valence-electron chi connectivity index (χ0n) is 9.41. The SMILES string of the molecule is Cc1ccc(C(N)Cc2ccc(F)c(Br)c2)o1. The molecule has 1 aromatic carbocycles. The molecule has 2 rings (SSSR count). The largest absolute Gasteiger partial charge is 0.465 e. The van der Waals surface area contributed by atoms with Crippen LogP contribution in [-0.2, 0) is 6.42 Å². The van der Waals surface area contributed by atoms with Crippen LogP contribution in [0.15, 0.2) is 39.2 Å². The molecule has 0 saturated heterocycles. The molecular weight excluding hydrogens is 285 g/mol. The first kappa shape index (κ1) is 12.3. The number of benzene rings is 1. The highest BCUT2D eigenvalue weighted by Gasteiger charge is 2.11. The summed E-state index contributed by atoms with van der Waals surface area (Å²) in [6.45, 7) is 1.88. The second-order valence-corrected chi connectivity index (χ2v) is 4.86. The zero-order valence-corrected chi connectivity index (χ0v) is 11.0. The molecule has 0 aliphatic heterocycles. The van der Waals surface area contributed by atoms with Crippen LogP contribution in [-0.4, -0.2) is 0 Å². The van der Waals surface area contributed by atoms with Crippen molar-refractivity contribution in [2.24, 2.45) is 5.73 Å². The summed E-state index contributed by atoms with van der Waals surface area (Å²) < 4.78 is 19.0. The highest BCUT2D eigenvalue weighted by molar-refractivity contribution is 9.10. The highest BCUT2D eigenvalue weighted by atomic mass is 79.9. The van der Waals surface area contributed by atoms with E-state index in [0.29, 0.717) is 10.9 Å². The van der Waals surface area contributed by atoms with Gasteiger partial charge in [-0.05, 0) is 59.1 Å². The van der Waals surface area contributed by atoms with Crippen molar-refractivity contribution in [2.75, 3.05) is 0 Å². The van der Waals surface area contributed by atoms with E-state index in [9.17, 15) is 4.39 Å². The minimum atomic E-state index is -0.267. The van der Waals surface area contributed by atoms with E-state index in [2.05, 4.69) is 15.9 Å². The van der Waals surface area contributed by atoms with Crippen LogP contribution in [0.5, 0.6) is 0 Å². The Labute approximate surface area is 108 Å². The van der Waals surface area contributed by atoms with Crippen molar-refractivity contribution >= 4 is 15.9 Å². The lowest BCUT2D eigenvalue weighted by Gasteiger charge is -2.09. The molecule has 0 aliphatic rings. The Bertz CT molecular complexity index is 524. The van der Waals surface area contributed by atoms with Crippen molar-refractivity contribution < 1.29 is 8.81 Å². The molecule has 2 nitrogen and oxygen atoms in total. The molecule has 0 bridgehead atoms. The summed E-state index contributed by atoms with van der Waals surface area (Å²) in [5.74, 6) is 1.33. The normalized spacial score (nSPS) is 12.7. The first-order valence-corrected chi connectivity index (χ1v) is 6.11. The van der Waals surface area contributed by atoms with Gasteiger partial charge < -0.3 is 10.2 Å². The van der Waals surface area contributed by atoms with Gasteiger partial charge in [0.15, 0.2) is 0 Å². The van der Waals surface area contributed by atoms with Crippen molar-refractivity contribution in [3.05, 3.63) is 57.7 Å². The molecule has 1 atom stereocenters. The third kappa shape index (κ3) is 2.96. The van der Waals surface area contributed by atoms with E-state index in [1.165, 1.54) is 6.07 Å². The van der Waals surface area contributed by atoms with Crippen molar-refractivity contribution in [3.63, 3.8) is 0 Å². The first-order valence-electron chi connectivity index (χ1n) is 5.32. The average molecular weight is 298 g/mol. The van der Waals surface area contributed by atoms with E-state index >= 15 is 0 Å². The van der Waals surface area contributed by atoms with Gasteiger partial charge in [-0.2, -0.15) is 0 Å². The smallest absolute Gasteiger partial charge is 0.137 e. The second-order valence-electron chi connectivity index (χ2n) is 4.01. The van der Waals surface area contributed by atoms with Crippen LogP contribution in [0.4, 0.5) is 4.39 Å². The third-order valence-electron chi connectivity index (χ3n) is 2.57. The summed E-state index contributed by atoms with van der Waals surface area (Å²) >= 11 is 3.16. The van der Waals surface area contributed by atoms with Gasteiger partial charge in [0.1, 0.15) is 17.3 Å². The minimum absolute atomic E-state index is 0.207. The summed E-state index contributed by atoms with van der Waals surface area (Å²) in [7, 11) is 0. The van der Waals surface area contributed by atoms with E-state index < -0.39 is 0 Å². The second kappa shape index (κ2) is 5.02. The summed E-state index contributed by atoms with van der Waals surface area (Å²) in [5.41, 5.74) is 7.00. The highest BCUT2D eigenvalue weighted by Crippen LogP contribution is 2.22. The Morgan fingerprint density at radius 1 is 1.35 bits per heavy atom. The van der Waals surface area contributed by atoms with Crippen LogP contribution < -0.4 is 5.73 Å². The molecule has 1 unspecified atom stereocenters. The molecule has 2 N–H and O–H groups in total. The van der Waals surface area contributed by atoms with Gasteiger partial charge >= 0.3 is 0 Å². The monoisotopic (exact) mass is 297 g/mol. The molecule has 0 aliphatic carbocycles. The Morgan fingerprint density at radius 2 is 2.12 bits per heavy atom. The number of hydrogen-bond acceptors (Lipinski definition) is 2. The summed E-state index contributed by atoms with van der Waals surface area (Å²) in [6.07, 6.45) is 0.617. The average Bonchev–Trinajstić information content (AvgIpc) is 2.70. The summed E-state index contributed by atoms with van der Waals surface area (Å²) in [5, 5.41) is 0. The van der Waals surface area contributed by atoms with Crippen molar-refractivity contribution in [1.82, 2.24) is 0 Å². The number of aryl methyl sites for hydroxylation is 1. The minimum Gasteiger partial charge on any atom is -0.465 e. The molecule has 0 amide bonds. The van der Waals surface area contributed by atoms with Gasteiger partial charge in [0.2, 0.25) is 0 Å². The van der Waals surface area contributed by atoms with Crippen LogP contribution in [0.3, 0.4) is 0 Å². The molecule has 0 radical (unpaired) electrons. The Morgan fingerprint density at radius 3 is 2.71 bits per heavy atom. The van der Waals surface area contributed by atoms with Crippen LogP contribution in [0.25, 0.3) is 0 Å². The maximum absolute atomic E-state index is 13.1. The topological polar surface area (TPSA) is 39.2 Å². The summed E-state index contributed by atoms with van der Waals surface area (Å²) in [4.78, 5) is 0. The van der Waals surface area contributed by atoms with Gasteiger partial charge in [-0.1, -0.05) is 6.07 Å². The molecule has 0 spiro atoms. The number of hydrogen-bond donors (Lipinski definition) is 1. The van der Waals surface area contributed by atoms with E-state index in [-0.39, 0.29) is 11.9 Å². The predicted octanol–water partition coefficient (Wildman–Crippen LogP) is 3.73.